The normalized spacial score (nSPS) is 11.9. The fraction of sp³-hybridized carbons (Fsp3) is 0.333. The lowest BCUT2D eigenvalue weighted by Crippen LogP contribution is -2.14. The van der Waals surface area contributed by atoms with Gasteiger partial charge in [0.1, 0.15) is 17.2 Å². The molecule has 130 valence electrons. The molecule has 0 aliphatic carbocycles. The summed E-state index contributed by atoms with van der Waals surface area (Å²) in [6, 6.07) is 5.67. The van der Waals surface area contributed by atoms with Gasteiger partial charge in [-0.15, -0.1) is 0 Å². The molecule has 0 aliphatic rings. The molecule has 0 spiro atoms. The number of hydrogen-bond donors (Lipinski definition) is 2. The zero-order valence-corrected chi connectivity index (χ0v) is 15.6. The summed E-state index contributed by atoms with van der Waals surface area (Å²) in [4.78, 5) is 0. The van der Waals surface area contributed by atoms with Crippen LogP contribution in [0.1, 0.15) is 27.8 Å². The summed E-state index contributed by atoms with van der Waals surface area (Å²) in [5.41, 5.74) is 4.56. The summed E-state index contributed by atoms with van der Waals surface area (Å²) in [5.74, 6) is 1.21. The lowest BCUT2D eigenvalue weighted by Gasteiger charge is -2.17. The highest BCUT2D eigenvalue weighted by Crippen LogP contribution is 2.37. The number of benzene rings is 2. The van der Waals surface area contributed by atoms with Gasteiger partial charge in [0.15, 0.2) is 0 Å². The average molecular weight is 349 g/mol. The van der Waals surface area contributed by atoms with E-state index in [1.54, 1.807) is 27.0 Å². The molecule has 0 fully saturated rings. The Bertz CT molecular complexity index is 779. The van der Waals surface area contributed by atoms with Gasteiger partial charge in [-0.2, -0.15) is 4.21 Å². The molecule has 5 nitrogen and oxygen atoms in total. The molecule has 0 saturated carbocycles. The van der Waals surface area contributed by atoms with Crippen molar-refractivity contribution < 1.29 is 18.2 Å². The molecule has 0 amide bonds. The van der Waals surface area contributed by atoms with E-state index < -0.39 is 11.3 Å². The molecule has 2 N–H and O–H groups in total. The number of ether oxygens (including phenoxy) is 1. The predicted molar refractivity (Wildman–Crippen MR) is 97.2 cm³/mol. The van der Waals surface area contributed by atoms with Gasteiger partial charge in [-0.25, -0.2) is 0 Å². The summed E-state index contributed by atoms with van der Waals surface area (Å²) >= 11 is -1.85. The van der Waals surface area contributed by atoms with Crippen LogP contribution in [0, 0.1) is 34.6 Å². The van der Waals surface area contributed by atoms with Crippen LogP contribution in [0.4, 0.5) is 5.69 Å². The highest BCUT2D eigenvalue weighted by Gasteiger charge is 2.17. The van der Waals surface area contributed by atoms with Crippen molar-refractivity contribution in [3.8, 4) is 17.2 Å². The number of phenolic OH excluding ortho intramolecular Hbond substituents is 1. The quantitative estimate of drug-likeness (QED) is 0.800. The molecule has 0 aromatic heterocycles. The van der Waals surface area contributed by atoms with Gasteiger partial charge in [0.25, 0.3) is 0 Å². The number of phenols is 1. The van der Waals surface area contributed by atoms with Crippen LogP contribution in [-0.2, 0) is 11.3 Å². The second-order valence-corrected chi connectivity index (χ2v) is 6.73. The first kappa shape index (κ1) is 18.1. The Morgan fingerprint density at radius 1 is 1.00 bits per heavy atom. The number of nitrogens with one attached hydrogen (secondary N) is 1. The van der Waals surface area contributed by atoms with E-state index in [0.29, 0.717) is 28.3 Å². The molecule has 0 saturated heterocycles. The third-order valence-electron chi connectivity index (χ3n) is 3.87. The maximum atomic E-state index is 12.4. The van der Waals surface area contributed by atoms with Crippen LogP contribution in [-0.4, -0.2) is 16.4 Å². The standard InChI is InChI=1S/C18H23NO4S/c1-10-7-12(3)18(13(4)8-10)23-24(21)19-16-14(5)15(22-6)9-11(2)17(16)20/h7-9,19-20H,1-6H3. The maximum absolute atomic E-state index is 12.4. The largest absolute Gasteiger partial charge is 0.505 e. The average Bonchev–Trinajstić information content (AvgIpc) is 2.51. The predicted octanol–water partition coefficient (Wildman–Crippen LogP) is 4.01. The molecule has 24 heavy (non-hydrogen) atoms. The number of anilines is 1. The molecule has 1 atom stereocenters. The fourth-order valence-corrected chi connectivity index (χ4v) is 3.56. The van der Waals surface area contributed by atoms with Crippen molar-refractivity contribution in [1.29, 1.82) is 0 Å². The minimum atomic E-state index is -1.85. The van der Waals surface area contributed by atoms with Gasteiger partial charge in [0, 0.05) is 5.56 Å². The van der Waals surface area contributed by atoms with Crippen molar-refractivity contribution in [2.45, 2.75) is 34.6 Å². The van der Waals surface area contributed by atoms with Gasteiger partial charge in [-0.1, -0.05) is 17.7 Å². The molecule has 0 bridgehead atoms. The van der Waals surface area contributed by atoms with Crippen LogP contribution in [0.15, 0.2) is 18.2 Å². The summed E-state index contributed by atoms with van der Waals surface area (Å²) in [5, 5.41) is 10.3. The first-order chi connectivity index (χ1) is 11.2. The van der Waals surface area contributed by atoms with Gasteiger partial charge in [0.05, 0.1) is 12.8 Å². The second kappa shape index (κ2) is 7.13. The van der Waals surface area contributed by atoms with Crippen molar-refractivity contribution in [2.24, 2.45) is 0 Å². The second-order valence-electron chi connectivity index (χ2n) is 5.89. The minimum absolute atomic E-state index is 0.0302. The van der Waals surface area contributed by atoms with E-state index in [2.05, 4.69) is 4.72 Å². The van der Waals surface area contributed by atoms with Crippen molar-refractivity contribution >= 4 is 17.0 Å². The first-order valence-electron chi connectivity index (χ1n) is 7.56. The molecule has 2 aromatic rings. The van der Waals surface area contributed by atoms with Crippen molar-refractivity contribution in [3.63, 3.8) is 0 Å². The van der Waals surface area contributed by atoms with Crippen LogP contribution in [0.2, 0.25) is 0 Å². The van der Waals surface area contributed by atoms with Crippen molar-refractivity contribution in [1.82, 2.24) is 0 Å². The lowest BCUT2D eigenvalue weighted by molar-refractivity contribution is 0.409. The smallest absolute Gasteiger partial charge is 0.316 e. The Kier molecular flexibility index (Phi) is 5.39. The number of aromatic hydroxyl groups is 1. The van der Waals surface area contributed by atoms with Crippen molar-refractivity contribution in [2.75, 3.05) is 11.8 Å². The summed E-state index contributed by atoms with van der Waals surface area (Å²) < 4.78 is 26.0. The molecular weight excluding hydrogens is 326 g/mol. The summed E-state index contributed by atoms with van der Waals surface area (Å²) in [6.45, 7) is 9.34. The third kappa shape index (κ3) is 3.64. The van der Waals surface area contributed by atoms with Crippen molar-refractivity contribution in [3.05, 3.63) is 46.0 Å². The molecular formula is C18H23NO4S. The Balaban J connectivity index is 2.30. The van der Waals surface area contributed by atoms with E-state index in [9.17, 15) is 9.32 Å². The molecule has 1 unspecified atom stereocenters. The fourth-order valence-electron chi connectivity index (χ4n) is 2.69. The van der Waals surface area contributed by atoms with E-state index in [-0.39, 0.29) is 5.75 Å². The van der Waals surface area contributed by atoms with E-state index in [0.717, 1.165) is 16.7 Å². The van der Waals surface area contributed by atoms with Gasteiger partial charge < -0.3 is 14.0 Å². The number of rotatable bonds is 5. The number of hydrogen-bond acceptors (Lipinski definition) is 4. The van der Waals surface area contributed by atoms with E-state index in [1.807, 2.05) is 32.9 Å². The highest BCUT2D eigenvalue weighted by atomic mass is 32.2. The van der Waals surface area contributed by atoms with Crippen LogP contribution in [0.25, 0.3) is 0 Å². The molecule has 0 heterocycles. The highest BCUT2D eigenvalue weighted by molar-refractivity contribution is 7.82. The number of aryl methyl sites for hydroxylation is 4. The van der Waals surface area contributed by atoms with E-state index >= 15 is 0 Å². The third-order valence-corrected chi connectivity index (χ3v) is 4.56. The number of methoxy groups -OCH3 is 1. The lowest BCUT2D eigenvalue weighted by atomic mass is 10.1. The topological polar surface area (TPSA) is 67.8 Å². The Morgan fingerprint density at radius 2 is 1.58 bits per heavy atom. The van der Waals surface area contributed by atoms with Gasteiger partial charge in [-0.3, -0.25) is 4.72 Å². The van der Waals surface area contributed by atoms with E-state index in [4.69, 9.17) is 8.92 Å². The van der Waals surface area contributed by atoms with Gasteiger partial charge in [0.2, 0.25) is 0 Å². The Hall–Kier alpha value is -2.21. The van der Waals surface area contributed by atoms with Gasteiger partial charge >= 0.3 is 11.3 Å². The molecule has 2 rings (SSSR count). The van der Waals surface area contributed by atoms with Gasteiger partial charge in [-0.05, 0) is 57.4 Å². The molecule has 0 radical (unpaired) electrons. The van der Waals surface area contributed by atoms with Crippen LogP contribution in [0.3, 0.4) is 0 Å². The summed E-state index contributed by atoms with van der Waals surface area (Å²) in [7, 11) is 1.55. The Morgan fingerprint density at radius 3 is 2.12 bits per heavy atom. The molecule has 2 aromatic carbocycles. The Labute approximate surface area is 145 Å². The van der Waals surface area contributed by atoms with E-state index in [1.165, 1.54) is 0 Å². The van der Waals surface area contributed by atoms with Crippen LogP contribution >= 0.6 is 0 Å². The SMILES string of the molecule is COc1cc(C)c(O)c(NS(=O)Oc2c(C)cc(C)cc2C)c1C. The minimum Gasteiger partial charge on any atom is -0.505 e. The monoisotopic (exact) mass is 349 g/mol. The summed E-state index contributed by atoms with van der Waals surface area (Å²) in [6.07, 6.45) is 0. The molecule has 0 aliphatic heterocycles. The van der Waals surface area contributed by atoms with Crippen LogP contribution in [0.5, 0.6) is 17.2 Å². The zero-order chi connectivity index (χ0) is 18.0. The maximum Gasteiger partial charge on any atom is 0.316 e. The zero-order valence-electron chi connectivity index (χ0n) is 14.8. The molecule has 6 heteroatoms. The van der Waals surface area contributed by atoms with Crippen LogP contribution < -0.4 is 13.6 Å². The first-order valence-corrected chi connectivity index (χ1v) is 8.63.